The van der Waals surface area contributed by atoms with Crippen molar-refractivity contribution in [2.24, 2.45) is 0 Å². The molecule has 0 aliphatic heterocycles. The molecule has 0 bridgehead atoms. The fraction of sp³-hybridized carbons (Fsp3) is 0.222. The average molecular weight is 387 g/mol. The number of nitrogens with one attached hydrogen (secondary N) is 2. The molecule has 2 N–H and O–H groups in total. The molecule has 0 saturated heterocycles. The Kier molecular flexibility index (Phi) is 4.53. The molecule has 1 amide bonds. The lowest BCUT2D eigenvalue weighted by Crippen LogP contribution is -2.50. The number of alkyl halides is 2. The maximum absolute atomic E-state index is 12.9. The van der Waals surface area contributed by atoms with Crippen molar-refractivity contribution in [1.82, 2.24) is 20.3 Å². The summed E-state index contributed by atoms with van der Waals surface area (Å²) >= 11 is 1.41. The minimum atomic E-state index is -2.67. The van der Waals surface area contributed by atoms with Crippen LogP contribution in [0.3, 0.4) is 0 Å². The Hall–Kier alpha value is -2.94. The molecule has 1 saturated carbocycles. The van der Waals surface area contributed by atoms with Gasteiger partial charge in [-0.05, 0) is 24.3 Å². The molecule has 9 heteroatoms. The van der Waals surface area contributed by atoms with Gasteiger partial charge in [-0.15, -0.1) is 0 Å². The quantitative estimate of drug-likeness (QED) is 0.695. The number of carbonyl (C=O) groups excluding carboxylic acids is 1. The van der Waals surface area contributed by atoms with Crippen LogP contribution in [0.1, 0.15) is 23.2 Å². The van der Waals surface area contributed by atoms with Crippen LogP contribution in [0.2, 0.25) is 0 Å². The molecular weight excluding hydrogens is 372 g/mol. The maximum Gasteiger partial charge on any atom is 0.252 e. The fourth-order valence-electron chi connectivity index (χ4n) is 2.74. The molecule has 0 aromatic carbocycles. The number of nitrogens with zero attached hydrogens (tertiary/aromatic N) is 3. The second kappa shape index (κ2) is 6.99. The number of halogens is 2. The summed E-state index contributed by atoms with van der Waals surface area (Å²) in [7, 11) is 0. The zero-order valence-electron chi connectivity index (χ0n) is 14.0. The first-order valence-corrected chi connectivity index (χ1v) is 9.09. The molecule has 1 fully saturated rings. The predicted octanol–water partition coefficient (Wildman–Crippen LogP) is 3.87. The number of thiazole rings is 1. The predicted molar refractivity (Wildman–Crippen MR) is 98.3 cm³/mol. The molecule has 4 rings (SSSR count). The second-order valence-corrected chi connectivity index (χ2v) is 7.26. The fourth-order valence-corrected chi connectivity index (χ4v) is 3.54. The van der Waals surface area contributed by atoms with E-state index in [1.165, 1.54) is 17.5 Å². The molecule has 0 radical (unpaired) electrons. The van der Waals surface area contributed by atoms with Crippen molar-refractivity contribution >= 4 is 28.2 Å². The molecule has 3 heterocycles. The van der Waals surface area contributed by atoms with Crippen molar-refractivity contribution in [3.63, 3.8) is 0 Å². The highest BCUT2D eigenvalue weighted by Crippen LogP contribution is 2.37. The first-order chi connectivity index (χ1) is 13.0. The number of carbonyl (C=O) groups is 1. The van der Waals surface area contributed by atoms with Gasteiger partial charge in [-0.1, -0.05) is 17.4 Å². The molecular formula is C18H15F2N5OS. The van der Waals surface area contributed by atoms with Gasteiger partial charge < -0.3 is 10.6 Å². The van der Waals surface area contributed by atoms with Crippen LogP contribution in [0.15, 0.2) is 48.9 Å². The van der Waals surface area contributed by atoms with Crippen molar-refractivity contribution in [2.45, 2.75) is 24.8 Å². The Morgan fingerprint density at radius 1 is 1.15 bits per heavy atom. The highest BCUT2D eigenvalue weighted by molar-refractivity contribution is 7.18. The van der Waals surface area contributed by atoms with Crippen LogP contribution in [-0.4, -0.2) is 32.8 Å². The minimum Gasteiger partial charge on any atom is -0.349 e. The zero-order chi connectivity index (χ0) is 18.9. The molecule has 1 aliphatic rings. The topological polar surface area (TPSA) is 79.8 Å². The Morgan fingerprint density at radius 2 is 2.00 bits per heavy atom. The molecule has 138 valence electrons. The third-order valence-electron chi connectivity index (χ3n) is 4.11. The van der Waals surface area contributed by atoms with Gasteiger partial charge in [-0.3, -0.25) is 9.78 Å². The molecule has 0 unspecified atom stereocenters. The molecule has 0 spiro atoms. The van der Waals surface area contributed by atoms with Gasteiger partial charge >= 0.3 is 0 Å². The normalized spacial score (nSPS) is 15.8. The summed E-state index contributed by atoms with van der Waals surface area (Å²) in [5.41, 5.74) is 1.17. The van der Waals surface area contributed by atoms with Crippen molar-refractivity contribution in [3.05, 3.63) is 54.5 Å². The summed E-state index contributed by atoms with van der Waals surface area (Å²) in [5, 5.41) is 6.27. The van der Waals surface area contributed by atoms with Gasteiger partial charge in [0.2, 0.25) is 0 Å². The summed E-state index contributed by atoms with van der Waals surface area (Å²) in [6.07, 6.45) is 4.28. The van der Waals surface area contributed by atoms with E-state index in [2.05, 4.69) is 25.6 Å². The van der Waals surface area contributed by atoms with E-state index in [4.69, 9.17) is 0 Å². The van der Waals surface area contributed by atoms with Crippen molar-refractivity contribution in [3.8, 4) is 10.6 Å². The number of amides is 1. The van der Waals surface area contributed by atoms with Crippen LogP contribution >= 0.6 is 11.3 Å². The molecule has 27 heavy (non-hydrogen) atoms. The van der Waals surface area contributed by atoms with Crippen LogP contribution in [0, 0.1) is 0 Å². The first-order valence-electron chi connectivity index (χ1n) is 8.27. The SMILES string of the molecule is O=C(NC1CC(F)(F)C1)c1ccnc(Nc2ncc(-c3ccccn3)s2)c1. The van der Waals surface area contributed by atoms with E-state index in [0.717, 1.165) is 10.6 Å². The summed E-state index contributed by atoms with van der Waals surface area (Å²) < 4.78 is 25.8. The Morgan fingerprint density at radius 3 is 2.74 bits per heavy atom. The number of pyridine rings is 2. The van der Waals surface area contributed by atoms with Gasteiger partial charge in [0.15, 0.2) is 5.13 Å². The number of aromatic nitrogens is 3. The minimum absolute atomic E-state index is 0.315. The summed E-state index contributed by atoms with van der Waals surface area (Å²) in [5.74, 6) is -2.61. The van der Waals surface area contributed by atoms with E-state index < -0.39 is 17.9 Å². The zero-order valence-corrected chi connectivity index (χ0v) is 14.8. The highest BCUT2D eigenvalue weighted by Gasteiger charge is 2.45. The Balaban J connectivity index is 1.42. The van der Waals surface area contributed by atoms with Gasteiger partial charge in [0, 0.05) is 43.0 Å². The lowest BCUT2D eigenvalue weighted by atomic mass is 9.88. The lowest BCUT2D eigenvalue weighted by molar-refractivity contribution is -0.0901. The monoisotopic (exact) mass is 387 g/mol. The van der Waals surface area contributed by atoms with Crippen LogP contribution in [0.25, 0.3) is 10.6 Å². The Bertz CT molecular complexity index is 955. The van der Waals surface area contributed by atoms with E-state index >= 15 is 0 Å². The highest BCUT2D eigenvalue weighted by atomic mass is 32.1. The van der Waals surface area contributed by atoms with Gasteiger partial charge in [0.05, 0.1) is 10.6 Å². The number of hydrogen-bond donors (Lipinski definition) is 2. The largest absolute Gasteiger partial charge is 0.349 e. The van der Waals surface area contributed by atoms with Crippen LogP contribution < -0.4 is 10.6 Å². The van der Waals surface area contributed by atoms with Crippen LogP contribution in [0.5, 0.6) is 0 Å². The molecule has 3 aromatic heterocycles. The number of hydrogen-bond acceptors (Lipinski definition) is 6. The summed E-state index contributed by atoms with van der Waals surface area (Å²) in [6, 6.07) is 8.25. The van der Waals surface area contributed by atoms with Crippen molar-refractivity contribution in [1.29, 1.82) is 0 Å². The molecule has 3 aromatic rings. The van der Waals surface area contributed by atoms with Crippen molar-refractivity contribution < 1.29 is 13.6 Å². The van der Waals surface area contributed by atoms with E-state index in [0.29, 0.717) is 16.5 Å². The maximum atomic E-state index is 12.9. The van der Waals surface area contributed by atoms with E-state index in [1.807, 2.05) is 18.2 Å². The number of anilines is 2. The lowest BCUT2D eigenvalue weighted by Gasteiger charge is -2.35. The third kappa shape index (κ3) is 4.08. The van der Waals surface area contributed by atoms with Gasteiger partial charge in [0.25, 0.3) is 11.8 Å². The van der Waals surface area contributed by atoms with Crippen LogP contribution in [0.4, 0.5) is 19.7 Å². The smallest absolute Gasteiger partial charge is 0.252 e. The van der Waals surface area contributed by atoms with E-state index in [9.17, 15) is 13.6 Å². The average Bonchev–Trinajstić information content (AvgIpc) is 3.09. The summed E-state index contributed by atoms with van der Waals surface area (Å²) in [4.78, 5) is 25.9. The first kappa shape index (κ1) is 17.5. The van der Waals surface area contributed by atoms with Crippen LogP contribution in [-0.2, 0) is 0 Å². The molecule has 0 atom stereocenters. The van der Waals surface area contributed by atoms with Crippen molar-refractivity contribution in [2.75, 3.05) is 5.32 Å². The van der Waals surface area contributed by atoms with Gasteiger partial charge in [-0.2, -0.15) is 0 Å². The summed E-state index contributed by atoms with van der Waals surface area (Å²) in [6.45, 7) is 0. The van der Waals surface area contributed by atoms with E-state index in [-0.39, 0.29) is 12.8 Å². The van der Waals surface area contributed by atoms with E-state index in [1.54, 1.807) is 24.5 Å². The molecule has 1 aliphatic carbocycles. The third-order valence-corrected chi connectivity index (χ3v) is 5.04. The number of rotatable bonds is 5. The van der Waals surface area contributed by atoms with Gasteiger partial charge in [0.1, 0.15) is 5.82 Å². The second-order valence-electron chi connectivity index (χ2n) is 6.23. The standard InChI is InChI=1S/C18H15F2N5OS/c19-18(20)8-12(9-18)24-16(26)11-4-6-22-15(7-11)25-17-23-10-14(27-17)13-3-1-2-5-21-13/h1-7,10,12H,8-9H2,(H,24,26)(H,22,23,25). The molecule has 6 nitrogen and oxygen atoms in total. The Labute approximate surface area is 157 Å². The van der Waals surface area contributed by atoms with Gasteiger partial charge in [-0.25, -0.2) is 18.7 Å².